The van der Waals surface area contributed by atoms with E-state index in [0.29, 0.717) is 47.2 Å². The molecule has 0 radical (unpaired) electrons. The summed E-state index contributed by atoms with van der Waals surface area (Å²) in [4.78, 5) is 35.2. The first-order valence-corrected chi connectivity index (χ1v) is 12.7. The van der Waals surface area contributed by atoms with Crippen molar-refractivity contribution in [3.05, 3.63) is 50.7 Å². The number of ketones is 1. The summed E-state index contributed by atoms with van der Waals surface area (Å²) in [6.45, 7) is 7.41. The normalized spacial score (nSPS) is 15.9. The highest BCUT2D eigenvalue weighted by Gasteiger charge is 2.44. The number of aromatic nitrogens is 1. The number of hydrogen-bond acceptors (Lipinski definition) is 8. The number of nitrogens with zero attached hydrogens (tertiary/aromatic N) is 3. The second-order valence-corrected chi connectivity index (χ2v) is 10.1. The molecule has 0 bridgehead atoms. The number of unbranched alkanes of at least 4 members (excludes halogenated alkanes) is 1. The van der Waals surface area contributed by atoms with Gasteiger partial charge in [-0.25, -0.2) is 4.98 Å². The summed E-state index contributed by atoms with van der Waals surface area (Å²) < 4.78 is 11.4. The number of thiazole rings is 1. The molecule has 1 aliphatic heterocycles. The number of rotatable bonds is 12. The van der Waals surface area contributed by atoms with E-state index in [2.05, 4.69) is 11.9 Å². The van der Waals surface area contributed by atoms with E-state index in [-0.39, 0.29) is 11.4 Å². The molecule has 1 atom stereocenters. The molecule has 1 N–H and O–H groups in total. The Morgan fingerprint density at radius 3 is 2.57 bits per heavy atom. The van der Waals surface area contributed by atoms with Crippen molar-refractivity contribution in [3.8, 4) is 11.5 Å². The van der Waals surface area contributed by atoms with Crippen molar-refractivity contribution >= 4 is 23.0 Å². The molecule has 1 aromatic carbocycles. The van der Waals surface area contributed by atoms with Crippen LogP contribution < -0.4 is 9.47 Å². The second-order valence-electron chi connectivity index (χ2n) is 8.91. The molecule has 0 aliphatic carbocycles. The first-order valence-electron chi connectivity index (χ1n) is 11.9. The van der Waals surface area contributed by atoms with Crippen LogP contribution in [0.5, 0.6) is 11.5 Å². The summed E-state index contributed by atoms with van der Waals surface area (Å²) in [5.41, 5.74) is 1.34. The number of methoxy groups -OCH3 is 1. The van der Waals surface area contributed by atoms with Gasteiger partial charge in [-0.1, -0.05) is 19.4 Å². The summed E-state index contributed by atoms with van der Waals surface area (Å²) in [5, 5.41) is 11.7. The van der Waals surface area contributed by atoms with Crippen molar-refractivity contribution in [1.29, 1.82) is 0 Å². The van der Waals surface area contributed by atoms with Crippen LogP contribution in [-0.2, 0) is 4.79 Å². The summed E-state index contributed by atoms with van der Waals surface area (Å²) in [6.07, 6.45) is 2.63. The predicted octanol–water partition coefficient (Wildman–Crippen LogP) is 4.48. The van der Waals surface area contributed by atoms with Crippen molar-refractivity contribution in [3.63, 3.8) is 0 Å². The molecule has 1 aliphatic rings. The summed E-state index contributed by atoms with van der Waals surface area (Å²) in [5.74, 6) is -0.303. The lowest BCUT2D eigenvalue weighted by molar-refractivity contribution is -0.129. The third-order valence-electron chi connectivity index (χ3n) is 5.92. The third-order valence-corrected chi connectivity index (χ3v) is 6.99. The van der Waals surface area contributed by atoms with E-state index in [1.807, 2.05) is 32.0 Å². The number of carbonyl (C=O) groups excluding carboxylic acids is 2. The Morgan fingerprint density at radius 2 is 1.97 bits per heavy atom. The molecule has 0 fully saturated rings. The maximum atomic E-state index is 13.7. The van der Waals surface area contributed by atoms with E-state index < -0.39 is 17.7 Å². The molecule has 190 valence electrons. The van der Waals surface area contributed by atoms with Gasteiger partial charge in [-0.2, -0.15) is 0 Å². The topological polar surface area (TPSA) is 92.2 Å². The lowest BCUT2D eigenvalue weighted by Crippen LogP contribution is -2.33. The van der Waals surface area contributed by atoms with E-state index in [4.69, 9.17) is 9.47 Å². The minimum Gasteiger partial charge on any atom is -0.503 e. The third kappa shape index (κ3) is 5.85. The van der Waals surface area contributed by atoms with Gasteiger partial charge in [0.2, 0.25) is 5.78 Å². The summed E-state index contributed by atoms with van der Waals surface area (Å²) in [7, 11) is 5.49. The number of amides is 1. The Morgan fingerprint density at radius 1 is 1.23 bits per heavy atom. The van der Waals surface area contributed by atoms with Gasteiger partial charge in [0.15, 0.2) is 17.3 Å². The molecule has 0 saturated carbocycles. The largest absolute Gasteiger partial charge is 0.503 e. The quantitative estimate of drug-likeness (QED) is 0.339. The van der Waals surface area contributed by atoms with Gasteiger partial charge in [-0.15, -0.1) is 11.3 Å². The highest BCUT2D eigenvalue weighted by atomic mass is 32.1. The Balaban J connectivity index is 2.04. The van der Waals surface area contributed by atoms with Gasteiger partial charge in [0.1, 0.15) is 0 Å². The zero-order valence-corrected chi connectivity index (χ0v) is 22.2. The Bertz CT molecular complexity index is 1110. The van der Waals surface area contributed by atoms with Crippen molar-refractivity contribution < 1.29 is 24.2 Å². The minimum atomic E-state index is -0.738. The average Bonchev–Trinajstić information content (AvgIpc) is 3.29. The van der Waals surface area contributed by atoms with E-state index in [1.54, 1.807) is 31.1 Å². The van der Waals surface area contributed by atoms with Crippen LogP contribution in [0.25, 0.3) is 0 Å². The number of ether oxygens (including phenoxy) is 2. The predicted molar refractivity (Wildman–Crippen MR) is 137 cm³/mol. The molecule has 2 heterocycles. The molecular weight excluding hydrogens is 466 g/mol. The zero-order valence-electron chi connectivity index (χ0n) is 21.4. The van der Waals surface area contributed by atoms with Gasteiger partial charge in [0.25, 0.3) is 5.91 Å². The molecule has 35 heavy (non-hydrogen) atoms. The number of hydrogen-bond donors (Lipinski definition) is 1. The van der Waals surface area contributed by atoms with Crippen LogP contribution in [0.15, 0.2) is 29.5 Å². The highest BCUT2D eigenvalue weighted by molar-refractivity contribution is 7.14. The smallest absolute Gasteiger partial charge is 0.290 e. The molecule has 3 rings (SSSR count). The van der Waals surface area contributed by atoms with E-state index in [9.17, 15) is 14.7 Å². The lowest BCUT2D eigenvalue weighted by atomic mass is 9.94. The van der Waals surface area contributed by atoms with Crippen molar-refractivity contribution in [2.24, 2.45) is 0 Å². The fraction of sp³-hybridized carbons (Fsp3) is 0.500. The van der Waals surface area contributed by atoms with E-state index in [0.717, 1.165) is 24.4 Å². The molecule has 1 unspecified atom stereocenters. The fourth-order valence-corrected chi connectivity index (χ4v) is 5.06. The molecule has 0 spiro atoms. The average molecular weight is 502 g/mol. The van der Waals surface area contributed by atoms with Crippen LogP contribution in [0.2, 0.25) is 0 Å². The standard InChI is InChI=1S/C26H35N3O5S/c1-7-8-14-34-19-11-10-18(15-20(19)33-6)22-21(23(30)25-16(2)27-17(3)35-25)24(31)26(32)29(22)13-9-12-28(4)5/h10-11,15,22,31H,7-9,12-14H2,1-6H3. The molecular formula is C26H35N3O5S. The van der Waals surface area contributed by atoms with Gasteiger partial charge in [0, 0.05) is 6.54 Å². The van der Waals surface area contributed by atoms with E-state index >= 15 is 0 Å². The molecule has 1 aromatic heterocycles. The number of aryl methyl sites for hydroxylation is 2. The maximum absolute atomic E-state index is 13.7. The zero-order chi connectivity index (χ0) is 25.7. The van der Waals surface area contributed by atoms with Crippen molar-refractivity contribution in [2.45, 2.75) is 46.1 Å². The van der Waals surface area contributed by atoms with Crippen molar-refractivity contribution in [1.82, 2.24) is 14.8 Å². The fourth-order valence-electron chi connectivity index (χ4n) is 4.18. The molecule has 1 amide bonds. The summed E-state index contributed by atoms with van der Waals surface area (Å²) >= 11 is 1.27. The number of aliphatic hydroxyl groups is 1. The van der Waals surface area contributed by atoms with Crippen LogP contribution in [0.4, 0.5) is 0 Å². The lowest BCUT2D eigenvalue weighted by Gasteiger charge is -2.28. The molecule has 2 aromatic rings. The molecule has 8 nitrogen and oxygen atoms in total. The Kier molecular flexibility index (Phi) is 8.91. The monoisotopic (exact) mass is 501 g/mol. The Labute approximate surface area is 211 Å². The van der Waals surface area contributed by atoms with Gasteiger partial charge >= 0.3 is 0 Å². The van der Waals surface area contributed by atoms with Gasteiger partial charge in [-0.05, 0) is 65.0 Å². The maximum Gasteiger partial charge on any atom is 0.290 e. The molecule has 0 saturated heterocycles. The highest BCUT2D eigenvalue weighted by Crippen LogP contribution is 2.42. The number of benzene rings is 1. The number of carbonyl (C=O) groups is 2. The van der Waals surface area contributed by atoms with Crippen LogP contribution in [0.3, 0.4) is 0 Å². The van der Waals surface area contributed by atoms with Gasteiger partial charge in [0.05, 0.1) is 40.9 Å². The SMILES string of the molecule is CCCCOc1ccc(C2C(C(=O)c3sc(C)nc3C)=C(O)C(=O)N2CCCN(C)C)cc1OC. The van der Waals surface area contributed by atoms with Crippen LogP contribution in [0.1, 0.15) is 58.2 Å². The van der Waals surface area contributed by atoms with Gasteiger partial charge < -0.3 is 24.4 Å². The molecule has 9 heteroatoms. The number of Topliss-reactive ketones (excluding diaryl/α,β-unsaturated/α-hetero) is 1. The minimum absolute atomic E-state index is 0.0771. The van der Waals surface area contributed by atoms with Crippen LogP contribution in [-0.4, -0.2) is 72.5 Å². The van der Waals surface area contributed by atoms with Crippen LogP contribution in [0, 0.1) is 13.8 Å². The first-order chi connectivity index (χ1) is 16.7. The summed E-state index contributed by atoms with van der Waals surface area (Å²) in [6, 6.07) is 4.68. The first kappa shape index (κ1) is 26.7. The van der Waals surface area contributed by atoms with Gasteiger partial charge in [-0.3, -0.25) is 9.59 Å². The van der Waals surface area contributed by atoms with Crippen LogP contribution >= 0.6 is 11.3 Å². The van der Waals surface area contributed by atoms with Crippen molar-refractivity contribution in [2.75, 3.05) is 40.9 Å². The number of aliphatic hydroxyl groups excluding tert-OH is 1. The Hall–Kier alpha value is -2.91. The van der Waals surface area contributed by atoms with E-state index in [1.165, 1.54) is 11.3 Å². The second kappa shape index (κ2) is 11.7.